The fourth-order valence-corrected chi connectivity index (χ4v) is 2.66. The van der Waals surface area contributed by atoms with Crippen LogP contribution < -0.4 is 5.32 Å². The lowest BCUT2D eigenvalue weighted by atomic mass is 9.89. The first-order chi connectivity index (χ1) is 7.69. The number of hydrogen-bond acceptors (Lipinski definition) is 3. The Morgan fingerprint density at radius 2 is 2.12 bits per heavy atom. The molecule has 0 spiro atoms. The molecule has 4 nitrogen and oxygen atoms in total. The van der Waals surface area contributed by atoms with Crippen molar-refractivity contribution in [1.82, 2.24) is 10.2 Å². The van der Waals surface area contributed by atoms with E-state index in [-0.39, 0.29) is 18.6 Å². The minimum Gasteiger partial charge on any atom is -0.395 e. The first-order valence-electron chi connectivity index (χ1n) is 6.31. The topological polar surface area (TPSA) is 52.6 Å². The molecule has 0 bridgehead atoms. The maximum atomic E-state index is 11.1. The number of likely N-dealkylation sites (N-methyl/N-ethyl adjacent to an activating group) is 1. The lowest BCUT2D eigenvalue weighted by Crippen LogP contribution is -2.53. The smallest absolute Gasteiger partial charge is 0.217 e. The molecule has 1 saturated carbocycles. The van der Waals surface area contributed by atoms with E-state index in [1.165, 1.54) is 12.8 Å². The zero-order chi connectivity index (χ0) is 12.0. The van der Waals surface area contributed by atoms with Crippen molar-refractivity contribution in [2.45, 2.75) is 51.6 Å². The summed E-state index contributed by atoms with van der Waals surface area (Å²) in [6.07, 6.45) is 4.60. The van der Waals surface area contributed by atoms with Crippen LogP contribution in [-0.2, 0) is 4.79 Å². The third-order valence-electron chi connectivity index (χ3n) is 3.38. The van der Waals surface area contributed by atoms with Crippen LogP contribution in [0.3, 0.4) is 0 Å². The summed E-state index contributed by atoms with van der Waals surface area (Å²) in [6, 6.07) is 0.660. The zero-order valence-electron chi connectivity index (χ0n) is 10.4. The van der Waals surface area contributed by atoms with E-state index >= 15 is 0 Å². The van der Waals surface area contributed by atoms with Gasteiger partial charge in [-0.05, 0) is 19.4 Å². The molecule has 4 heteroatoms. The van der Waals surface area contributed by atoms with E-state index in [9.17, 15) is 4.79 Å². The lowest BCUT2D eigenvalue weighted by molar-refractivity contribution is -0.120. The summed E-state index contributed by atoms with van der Waals surface area (Å²) in [4.78, 5) is 13.4. The highest BCUT2D eigenvalue weighted by Crippen LogP contribution is 2.23. The van der Waals surface area contributed by atoms with Gasteiger partial charge in [0.1, 0.15) is 0 Å². The fraction of sp³-hybridized carbons (Fsp3) is 0.917. The predicted molar refractivity (Wildman–Crippen MR) is 64.2 cm³/mol. The lowest BCUT2D eigenvalue weighted by Gasteiger charge is -2.39. The molecule has 0 aromatic carbocycles. The summed E-state index contributed by atoms with van der Waals surface area (Å²) in [5.74, 6) is 0.0527. The van der Waals surface area contributed by atoms with Gasteiger partial charge >= 0.3 is 0 Å². The Balaban J connectivity index is 2.60. The van der Waals surface area contributed by atoms with Crippen LogP contribution in [0.2, 0.25) is 0 Å². The zero-order valence-corrected chi connectivity index (χ0v) is 10.4. The molecule has 1 rings (SSSR count). The molecule has 2 N–H and O–H groups in total. The van der Waals surface area contributed by atoms with Gasteiger partial charge in [0.15, 0.2) is 0 Å². The maximum absolute atomic E-state index is 11.1. The molecule has 0 aromatic heterocycles. The Kier molecular flexibility index (Phi) is 5.77. The third-order valence-corrected chi connectivity index (χ3v) is 3.38. The van der Waals surface area contributed by atoms with Gasteiger partial charge in [-0.2, -0.15) is 0 Å². The van der Waals surface area contributed by atoms with Gasteiger partial charge in [-0.3, -0.25) is 9.69 Å². The molecule has 2 unspecified atom stereocenters. The summed E-state index contributed by atoms with van der Waals surface area (Å²) >= 11 is 0. The molecule has 0 saturated heterocycles. The Morgan fingerprint density at radius 1 is 1.44 bits per heavy atom. The molecule has 1 aliphatic rings. The Bertz CT molecular complexity index is 221. The second kappa shape index (κ2) is 6.86. The summed E-state index contributed by atoms with van der Waals surface area (Å²) in [6.45, 7) is 5.51. The first kappa shape index (κ1) is 13.5. The minimum absolute atomic E-state index is 0.0527. The summed E-state index contributed by atoms with van der Waals surface area (Å²) in [5, 5.41) is 12.1. The van der Waals surface area contributed by atoms with E-state index < -0.39 is 0 Å². The van der Waals surface area contributed by atoms with Crippen LogP contribution in [0.15, 0.2) is 0 Å². The predicted octanol–water partition coefficient (Wildman–Crippen LogP) is 0.748. The van der Waals surface area contributed by atoms with Gasteiger partial charge in [-0.1, -0.05) is 19.8 Å². The highest BCUT2D eigenvalue weighted by Gasteiger charge is 2.29. The van der Waals surface area contributed by atoms with E-state index in [0.717, 1.165) is 19.4 Å². The van der Waals surface area contributed by atoms with Gasteiger partial charge in [0.2, 0.25) is 5.91 Å². The second-order valence-corrected chi connectivity index (χ2v) is 4.51. The largest absolute Gasteiger partial charge is 0.395 e. The van der Waals surface area contributed by atoms with Crippen LogP contribution in [0.25, 0.3) is 0 Å². The van der Waals surface area contributed by atoms with Gasteiger partial charge < -0.3 is 10.4 Å². The van der Waals surface area contributed by atoms with E-state index in [1.54, 1.807) is 6.92 Å². The summed E-state index contributed by atoms with van der Waals surface area (Å²) in [5.41, 5.74) is 0. The van der Waals surface area contributed by atoms with Crippen LogP contribution in [0.5, 0.6) is 0 Å². The molecule has 0 aliphatic heterocycles. The molecule has 0 aromatic rings. The normalized spacial score (nSPS) is 25.8. The van der Waals surface area contributed by atoms with Crippen LogP contribution in [-0.4, -0.2) is 47.7 Å². The van der Waals surface area contributed by atoms with E-state index in [2.05, 4.69) is 17.1 Å². The summed E-state index contributed by atoms with van der Waals surface area (Å²) < 4.78 is 0. The number of aliphatic hydroxyl groups excluding tert-OH is 1. The Hall–Kier alpha value is -0.610. The molecule has 1 aliphatic carbocycles. The molecule has 16 heavy (non-hydrogen) atoms. The molecule has 94 valence electrons. The second-order valence-electron chi connectivity index (χ2n) is 4.51. The highest BCUT2D eigenvalue weighted by atomic mass is 16.3. The monoisotopic (exact) mass is 228 g/mol. The van der Waals surface area contributed by atoms with Crippen molar-refractivity contribution >= 4 is 5.91 Å². The number of carbonyl (C=O) groups excluding carboxylic acids is 1. The number of hydrogen-bond donors (Lipinski definition) is 2. The fourth-order valence-electron chi connectivity index (χ4n) is 2.66. The van der Waals surface area contributed by atoms with Crippen LogP contribution in [0.4, 0.5) is 0 Å². The molecule has 0 heterocycles. The van der Waals surface area contributed by atoms with Crippen molar-refractivity contribution < 1.29 is 9.90 Å². The van der Waals surface area contributed by atoms with E-state index in [1.807, 2.05) is 0 Å². The quantitative estimate of drug-likeness (QED) is 0.730. The van der Waals surface area contributed by atoms with Crippen molar-refractivity contribution in [3.63, 3.8) is 0 Å². The van der Waals surface area contributed by atoms with Gasteiger partial charge in [0.05, 0.1) is 6.61 Å². The van der Waals surface area contributed by atoms with Crippen LogP contribution in [0, 0.1) is 0 Å². The maximum Gasteiger partial charge on any atom is 0.217 e. The molecule has 0 radical (unpaired) electrons. The first-order valence-corrected chi connectivity index (χ1v) is 6.31. The van der Waals surface area contributed by atoms with Crippen molar-refractivity contribution in [3.8, 4) is 0 Å². The number of carbonyl (C=O) groups is 1. The van der Waals surface area contributed by atoms with Crippen LogP contribution >= 0.6 is 0 Å². The van der Waals surface area contributed by atoms with E-state index in [4.69, 9.17) is 5.11 Å². The van der Waals surface area contributed by atoms with Crippen molar-refractivity contribution in [2.75, 3.05) is 19.7 Å². The van der Waals surface area contributed by atoms with E-state index in [0.29, 0.717) is 12.6 Å². The third kappa shape index (κ3) is 3.76. The number of rotatable bonds is 5. The molecule has 2 atom stereocenters. The van der Waals surface area contributed by atoms with Crippen molar-refractivity contribution in [3.05, 3.63) is 0 Å². The van der Waals surface area contributed by atoms with Crippen molar-refractivity contribution in [2.24, 2.45) is 0 Å². The molecular formula is C12H24N2O2. The standard InChI is InChI=1S/C12H24N2O2/c1-3-14(8-9-15)12-7-5-4-6-11(12)13-10(2)16/h11-12,15H,3-9H2,1-2H3,(H,13,16). The van der Waals surface area contributed by atoms with Gasteiger partial charge in [0.25, 0.3) is 0 Å². The average molecular weight is 228 g/mol. The SMILES string of the molecule is CCN(CCO)C1CCCCC1NC(C)=O. The molecular weight excluding hydrogens is 204 g/mol. The number of nitrogens with zero attached hydrogens (tertiary/aromatic N) is 1. The number of aliphatic hydroxyl groups is 1. The van der Waals surface area contributed by atoms with Gasteiger partial charge in [0, 0.05) is 25.6 Å². The minimum atomic E-state index is 0.0527. The van der Waals surface area contributed by atoms with Gasteiger partial charge in [-0.15, -0.1) is 0 Å². The Labute approximate surface area is 98.0 Å². The summed E-state index contributed by atoms with van der Waals surface area (Å²) in [7, 11) is 0. The van der Waals surface area contributed by atoms with Gasteiger partial charge in [-0.25, -0.2) is 0 Å². The number of nitrogens with one attached hydrogen (secondary N) is 1. The highest BCUT2D eigenvalue weighted by molar-refractivity contribution is 5.73. The Morgan fingerprint density at radius 3 is 2.69 bits per heavy atom. The molecule has 1 amide bonds. The van der Waals surface area contributed by atoms with Crippen LogP contribution in [0.1, 0.15) is 39.5 Å². The molecule has 1 fully saturated rings. The van der Waals surface area contributed by atoms with Crippen molar-refractivity contribution in [1.29, 1.82) is 0 Å². The average Bonchev–Trinajstić information content (AvgIpc) is 2.26. The number of amides is 1.